The van der Waals surface area contributed by atoms with Crippen LogP contribution in [0.3, 0.4) is 0 Å². The number of carbonyl (C=O) groups excluding carboxylic acids is 1. The van der Waals surface area contributed by atoms with Crippen molar-refractivity contribution in [3.05, 3.63) is 94.0 Å². The summed E-state index contributed by atoms with van der Waals surface area (Å²) in [5.41, 5.74) is 2.54. The van der Waals surface area contributed by atoms with E-state index < -0.39 is 0 Å². The molecule has 0 radical (unpaired) electrons. The van der Waals surface area contributed by atoms with Gasteiger partial charge in [-0.05, 0) is 35.9 Å². The zero-order valence-corrected chi connectivity index (χ0v) is 19.5. The summed E-state index contributed by atoms with van der Waals surface area (Å²) in [5, 5.41) is 22.3. The Kier molecular flexibility index (Phi) is 7.30. The first kappa shape index (κ1) is 22.9. The summed E-state index contributed by atoms with van der Waals surface area (Å²) in [6.45, 7) is 0.519. The molecule has 0 atom stereocenters. The molecule has 0 fully saturated rings. The molecule has 33 heavy (non-hydrogen) atoms. The second-order valence-corrected chi connectivity index (χ2v) is 8.78. The predicted molar refractivity (Wildman–Crippen MR) is 132 cm³/mol. The Morgan fingerprint density at radius 2 is 1.79 bits per heavy atom. The van der Waals surface area contributed by atoms with Gasteiger partial charge in [0.1, 0.15) is 6.07 Å². The van der Waals surface area contributed by atoms with Crippen LogP contribution in [0.2, 0.25) is 10.0 Å². The minimum atomic E-state index is -0.285. The van der Waals surface area contributed by atoms with E-state index in [-0.39, 0.29) is 11.7 Å². The second kappa shape index (κ2) is 10.5. The number of hydrogen-bond donors (Lipinski definition) is 1. The molecule has 0 saturated heterocycles. The molecule has 3 aromatic carbocycles. The van der Waals surface area contributed by atoms with Gasteiger partial charge in [0.2, 0.25) is 5.91 Å². The molecule has 4 aromatic rings. The van der Waals surface area contributed by atoms with E-state index in [0.717, 1.165) is 11.1 Å². The fraction of sp³-hybridized carbons (Fsp3) is 0.0833. The van der Waals surface area contributed by atoms with Crippen LogP contribution >= 0.6 is 35.0 Å². The standard InChI is InChI=1S/C24H17Cl2N5OS/c25-18-11-10-17(13-27)21(12-18)28-22(32)15-33-24-30-29-23(19-8-4-5-9-20(19)26)31(24)14-16-6-2-1-3-7-16/h1-12H,14-15H2,(H,28,32). The van der Waals surface area contributed by atoms with Crippen molar-refractivity contribution >= 4 is 46.6 Å². The van der Waals surface area contributed by atoms with Gasteiger partial charge in [-0.25, -0.2) is 0 Å². The third kappa shape index (κ3) is 5.55. The molecular weight excluding hydrogens is 477 g/mol. The van der Waals surface area contributed by atoms with Crippen molar-refractivity contribution in [1.82, 2.24) is 14.8 Å². The van der Waals surface area contributed by atoms with Gasteiger partial charge in [-0.1, -0.05) is 77.4 Å². The number of nitrogens with zero attached hydrogens (tertiary/aromatic N) is 4. The molecule has 0 spiro atoms. The summed E-state index contributed by atoms with van der Waals surface area (Å²) in [6.07, 6.45) is 0. The third-order valence-corrected chi connectivity index (χ3v) is 6.26. The number of aromatic nitrogens is 3. The molecule has 0 unspecified atom stereocenters. The third-order valence-electron chi connectivity index (χ3n) is 4.72. The van der Waals surface area contributed by atoms with Crippen LogP contribution in [0.15, 0.2) is 78.0 Å². The Bertz CT molecular complexity index is 1330. The van der Waals surface area contributed by atoms with Crippen molar-refractivity contribution in [2.45, 2.75) is 11.7 Å². The summed E-state index contributed by atoms with van der Waals surface area (Å²) in [4.78, 5) is 12.6. The molecule has 164 valence electrons. The van der Waals surface area contributed by atoms with Gasteiger partial charge >= 0.3 is 0 Å². The molecular formula is C24H17Cl2N5OS. The molecule has 0 aliphatic rings. The lowest BCUT2D eigenvalue weighted by Crippen LogP contribution is -2.15. The number of thioether (sulfide) groups is 1. The number of carbonyl (C=O) groups is 1. The Labute approximate surface area is 205 Å². The van der Waals surface area contributed by atoms with Crippen molar-refractivity contribution in [1.29, 1.82) is 5.26 Å². The van der Waals surface area contributed by atoms with E-state index in [4.69, 9.17) is 23.2 Å². The van der Waals surface area contributed by atoms with Crippen LogP contribution in [-0.2, 0) is 11.3 Å². The summed E-state index contributed by atoms with van der Waals surface area (Å²) < 4.78 is 1.94. The number of anilines is 1. The van der Waals surface area contributed by atoms with Gasteiger partial charge in [0.25, 0.3) is 0 Å². The lowest BCUT2D eigenvalue weighted by Gasteiger charge is -2.12. The smallest absolute Gasteiger partial charge is 0.234 e. The van der Waals surface area contributed by atoms with E-state index >= 15 is 0 Å². The molecule has 1 heterocycles. The summed E-state index contributed by atoms with van der Waals surface area (Å²) >= 11 is 13.7. The largest absolute Gasteiger partial charge is 0.324 e. The topological polar surface area (TPSA) is 83.6 Å². The predicted octanol–water partition coefficient (Wildman–Crippen LogP) is 5.90. The van der Waals surface area contributed by atoms with Crippen molar-refractivity contribution in [3.63, 3.8) is 0 Å². The first-order valence-corrected chi connectivity index (χ1v) is 11.6. The SMILES string of the molecule is N#Cc1ccc(Cl)cc1NC(=O)CSc1nnc(-c2ccccc2Cl)n1Cc1ccccc1. The van der Waals surface area contributed by atoms with E-state index in [9.17, 15) is 10.1 Å². The fourth-order valence-corrected chi connectivity index (χ4v) is 4.31. The fourth-order valence-electron chi connectivity index (χ4n) is 3.18. The maximum absolute atomic E-state index is 12.6. The molecule has 0 aliphatic carbocycles. The highest BCUT2D eigenvalue weighted by atomic mass is 35.5. The summed E-state index contributed by atoms with van der Waals surface area (Å²) in [7, 11) is 0. The molecule has 1 amide bonds. The monoisotopic (exact) mass is 493 g/mol. The van der Waals surface area contributed by atoms with Crippen LogP contribution in [0.4, 0.5) is 5.69 Å². The molecule has 9 heteroatoms. The van der Waals surface area contributed by atoms with E-state index in [2.05, 4.69) is 15.5 Å². The van der Waals surface area contributed by atoms with Crippen molar-refractivity contribution < 1.29 is 4.79 Å². The highest BCUT2D eigenvalue weighted by Crippen LogP contribution is 2.30. The minimum absolute atomic E-state index is 0.0762. The Morgan fingerprint density at radius 3 is 2.55 bits per heavy atom. The lowest BCUT2D eigenvalue weighted by atomic mass is 10.2. The average Bonchev–Trinajstić information content (AvgIpc) is 3.21. The number of hydrogen-bond acceptors (Lipinski definition) is 5. The van der Waals surface area contributed by atoms with Gasteiger partial charge in [0, 0.05) is 10.6 Å². The van der Waals surface area contributed by atoms with E-state index in [1.54, 1.807) is 24.3 Å². The van der Waals surface area contributed by atoms with Gasteiger partial charge in [0.15, 0.2) is 11.0 Å². The highest BCUT2D eigenvalue weighted by molar-refractivity contribution is 7.99. The molecule has 0 aliphatic heterocycles. The zero-order valence-electron chi connectivity index (χ0n) is 17.2. The number of amides is 1. The van der Waals surface area contributed by atoms with Crippen LogP contribution in [0.1, 0.15) is 11.1 Å². The lowest BCUT2D eigenvalue weighted by molar-refractivity contribution is -0.113. The van der Waals surface area contributed by atoms with Crippen LogP contribution in [0.25, 0.3) is 11.4 Å². The first-order valence-electron chi connectivity index (χ1n) is 9.89. The van der Waals surface area contributed by atoms with Gasteiger partial charge in [-0.3, -0.25) is 9.36 Å². The molecule has 0 saturated carbocycles. The van der Waals surface area contributed by atoms with E-state index in [1.807, 2.05) is 59.2 Å². The van der Waals surface area contributed by atoms with E-state index in [0.29, 0.717) is 38.8 Å². The zero-order chi connectivity index (χ0) is 23.2. The van der Waals surface area contributed by atoms with Gasteiger partial charge in [0.05, 0.1) is 28.6 Å². The first-order chi connectivity index (χ1) is 16.0. The van der Waals surface area contributed by atoms with Crippen LogP contribution < -0.4 is 5.32 Å². The molecule has 0 bridgehead atoms. The number of halogens is 2. The quantitative estimate of drug-likeness (QED) is 0.324. The van der Waals surface area contributed by atoms with Crippen LogP contribution in [0.5, 0.6) is 0 Å². The maximum Gasteiger partial charge on any atom is 0.234 e. The Balaban J connectivity index is 1.57. The number of benzene rings is 3. The van der Waals surface area contributed by atoms with Gasteiger partial charge in [-0.15, -0.1) is 10.2 Å². The minimum Gasteiger partial charge on any atom is -0.324 e. The van der Waals surface area contributed by atoms with Crippen molar-refractivity contribution in [3.8, 4) is 17.5 Å². The van der Waals surface area contributed by atoms with Crippen LogP contribution in [0, 0.1) is 11.3 Å². The molecule has 1 N–H and O–H groups in total. The maximum atomic E-state index is 12.6. The number of rotatable bonds is 7. The van der Waals surface area contributed by atoms with Gasteiger partial charge < -0.3 is 5.32 Å². The second-order valence-electron chi connectivity index (χ2n) is 7.00. The van der Waals surface area contributed by atoms with Crippen LogP contribution in [-0.4, -0.2) is 26.4 Å². The molecule has 6 nitrogen and oxygen atoms in total. The Hall–Kier alpha value is -3.31. The summed E-state index contributed by atoms with van der Waals surface area (Å²) in [5.74, 6) is 0.411. The molecule has 1 aromatic heterocycles. The number of nitriles is 1. The van der Waals surface area contributed by atoms with Crippen molar-refractivity contribution in [2.24, 2.45) is 0 Å². The Morgan fingerprint density at radius 1 is 1.03 bits per heavy atom. The van der Waals surface area contributed by atoms with Crippen molar-refractivity contribution in [2.75, 3.05) is 11.1 Å². The van der Waals surface area contributed by atoms with E-state index in [1.165, 1.54) is 11.8 Å². The number of nitrogens with one attached hydrogen (secondary N) is 1. The van der Waals surface area contributed by atoms with Gasteiger partial charge in [-0.2, -0.15) is 5.26 Å². The average molecular weight is 494 g/mol. The summed E-state index contributed by atoms with van der Waals surface area (Å²) in [6, 6.07) is 24.1. The molecule has 4 rings (SSSR count). The highest BCUT2D eigenvalue weighted by Gasteiger charge is 2.18. The normalized spacial score (nSPS) is 10.6.